The van der Waals surface area contributed by atoms with Crippen molar-refractivity contribution in [2.75, 3.05) is 0 Å². The highest BCUT2D eigenvalue weighted by Gasteiger charge is 2.74. The maximum Gasteiger partial charge on any atom is 0.428 e. The summed E-state index contributed by atoms with van der Waals surface area (Å²) in [7, 11) is 0. The summed E-state index contributed by atoms with van der Waals surface area (Å²) in [5, 5.41) is 11.3. The molecule has 0 amide bonds. The molecule has 8 heteroatoms. The molecule has 172 valence electrons. The Morgan fingerprint density at radius 1 is 0.935 bits per heavy atom. The van der Waals surface area contributed by atoms with Crippen LogP contribution in [0.15, 0.2) is 43.0 Å². The molecule has 2 rings (SSSR count). The van der Waals surface area contributed by atoms with Gasteiger partial charge < -0.3 is 9.84 Å². The van der Waals surface area contributed by atoms with Crippen molar-refractivity contribution in [2.45, 2.75) is 70.2 Å². The summed E-state index contributed by atoms with van der Waals surface area (Å²) in [5.74, 6) is 0. The van der Waals surface area contributed by atoms with Crippen molar-refractivity contribution in [3.8, 4) is 0 Å². The van der Waals surface area contributed by atoms with E-state index in [9.17, 15) is 31.4 Å². The van der Waals surface area contributed by atoms with E-state index in [2.05, 4.69) is 6.58 Å². The second-order valence-electron chi connectivity index (χ2n) is 7.78. The second-order valence-corrected chi connectivity index (χ2v) is 7.78. The Morgan fingerprint density at radius 3 is 1.90 bits per heavy atom. The lowest BCUT2D eigenvalue weighted by molar-refractivity contribution is -0.400. The number of ether oxygens (including phenoxy) is 1. The molecule has 2 aromatic carbocycles. The van der Waals surface area contributed by atoms with Crippen molar-refractivity contribution in [3.63, 3.8) is 0 Å². The summed E-state index contributed by atoms with van der Waals surface area (Å²) in [4.78, 5) is 0. The van der Waals surface area contributed by atoms with Gasteiger partial charge in [-0.3, -0.25) is 0 Å². The summed E-state index contributed by atoms with van der Waals surface area (Å²) in [6.45, 7) is 9.54. The zero-order valence-electron chi connectivity index (χ0n) is 17.8. The minimum Gasteiger partial charge on any atom is -0.372 e. The molecule has 1 N–H and O–H groups in total. The molecule has 0 saturated heterocycles. The molecule has 31 heavy (non-hydrogen) atoms. The van der Waals surface area contributed by atoms with Crippen LogP contribution in [0.5, 0.6) is 0 Å². The van der Waals surface area contributed by atoms with Crippen molar-refractivity contribution in [1.82, 2.24) is 0 Å². The Balaban J connectivity index is 2.58. The Morgan fingerprint density at radius 2 is 1.45 bits per heavy atom. The van der Waals surface area contributed by atoms with Crippen LogP contribution in [0.1, 0.15) is 51.7 Å². The van der Waals surface area contributed by atoms with Gasteiger partial charge in [0.25, 0.3) is 5.60 Å². The molecule has 0 spiro atoms. The lowest BCUT2D eigenvalue weighted by Gasteiger charge is -2.42. The van der Waals surface area contributed by atoms with Gasteiger partial charge in [-0.25, -0.2) is 0 Å². The fourth-order valence-electron chi connectivity index (χ4n) is 3.73. The molecule has 0 aliphatic rings. The van der Waals surface area contributed by atoms with Crippen molar-refractivity contribution in [2.24, 2.45) is 0 Å². The summed E-state index contributed by atoms with van der Waals surface area (Å²) < 4.78 is 85.3. The number of hydrogen-bond acceptors (Lipinski definition) is 2. The fourth-order valence-corrected chi connectivity index (χ4v) is 3.73. The van der Waals surface area contributed by atoms with Crippen LogP contribution in [0, 0.1) is 0 Å². The first-order valence-corrected chi connectivity index (χ1v) is 9.86. The Labute approximate surface area is 177 Å². The smallest absolute Gasteiger partial charge is 0.372 e. The standard InChI is InChI=1S/C23H26F6O2/c1-6-20(7-2,31-15(5)21(30,22(24,25)26)23(27,28)29)19-11-10-16-8-9-17(14(3)4)12-18(16)13-19/h8-13,15,30H,3,6-7H2,1-2,4-5H3. The van der Waals surface area contributed by atoms with Gasteiger partial charge in [-0.1, -0.05) is 50.3 Å². The maximum atomic E-state index is 13.3. The van der Waals surface area contributed by atoms with Gasteiger partial charge in [-0.2, -0.15) is 26.3 Å². The molecule has 0 aliphatic carbocycles. The predicted octanol–water partition coefficient (Wildman–Crippen LogP) is 7.15. The van der Waals surface area contributed by atoms with Gasteiger partial charge in [0.05, 0.1) is 5.60 Å². The largest absolute Gasteiger partial charge is 0.428 e. The number of fused-ring (bicyclic) bond motifs is 1. The van der Waals surface area contributed by atoms with Crippen LogP contribution < -0.4 is 0 Å². The Hall–Kier alpha value is -2.06. The van der Waals surface area contributed by atoms with Crippen LogP contribution in [0.2, 0.25) is 0 Å². The van der Waals surface area contributed by atoms with E-state index in [4.69, 9.17) is 4.74 Å². The van der Waals surface area contributed by atoms with Gasteiger partial charge in [0, 0.05) is 0 Å². The van der Waals surface area contributed by atoms with Crippen LogP contribution in [0.25, 0.3) is 16.3 Å². The van der Waals surface area contributed by atoms with Crippen LogP contribution in [0.3, 0.4) is 0 Å². The van der Waals surface area contributed by atoms with Crippen LogP contribution in [0.4, 0.5) is 26.3 Å². The second kappa shape index (κ2) is 8.47. The van der Waals surface area contributed by atoms with Crippen molar-refractivity contribution >= 4 is 16.3 Å². The molecule has 1 atom stereocenters. The normalized spacial score (nSPS) is 14.7. The van der Waals surface area contributed by atoms with E-state index in [1.807, 2.05) is 25.1 Å². The highest BCUT2D eigenvalue weighted by atomic mass is 19.4. The summed E-state index contributed by atoms with van der Waals surface area (Å²) in [6, 6.07) is 10.6. The number of halogens is 6. The number of aliphatic hydroxyl groups is 1. The van der Waals surface area contributed by atoms with E-state index in [-0.39, 0.29) is 12.8 Å². The number of alkyl halides is 6. The summed E-state index contributed by atoms with van der Waals surface area (Å²) in [6.07, 6.45) is -14.3. The third-order valence-electron chi connectivity index (χ3n) is 5.86. The van der Waals surface area contributed by atoms with Crippen LogP contribution in [-0.4, -0.2) is 29.2 Å². The van der Waals surface area contributed by atoms with E-state index in [0.717, 1.165) is 21.9 Å². The summed E-state index contributed by atoms with van der Waals surface area (Å²) >= 11 is 0. The lowest BCUT2D eigenvalue weighted by Crippen LogP contribution is -2.65. The molecular formula is C23H26F6O2. The monoisotopic (exact) mass is 448 g/mol. The minimum absolute atomic E-state index is 0.102. The zero-order chi connectivity index (χ0) is 23.8. The Bertz CT molecular complexity index is 927. The van der Waals surface area contributed by atoms with Crippen molar-refractivity contribution in [3.05, 3.63) is 54.1 Å². The number of allylic oxidation sites excluding steroid dienone is 1. The number of hydrogen-bond donors (Lipinski definition) is 1. The average Bonchev–Trinajstić information content (AvgIpc) is 2.68. The van der Waals surface area contributed by atoms with Gasteiger partial charge in [-0.05, 0) is 60.7 Å². The highest BCUT2D eigenvalue weighted by molar-refractivity contribution is 5.86. The first-order chi connectivity index (χ1) is 14.1. The number of benzene rings is 2. The van der Waals surface area contributed by atoms with Gasteiger partial charge in [0.15, 0.2) is 0 Å². The first-order valence-electron chi connectivity index (χ1n) is 9.86. The lowest BCUT2D eigenvalue weighted by atomic mass is 9.85. The quantitative estimate of drug-likeness (QED) is 0.456. The van der Waals surface area contributed by atoms with Gasteiger partial charge >= 0.3 is 12.4 Å². The van der Waals surface area contributed by atoms with E-state index >= 15 is 0 Å². The van der Waals surface area contributed by atoms with Crippen LogP contribution in [-0.2, 0) is 10.3 Å². The molecule has 2 aromatic rings. The van der Waals surface area contributed by atoms with E-state index < -0.39 is 29.7 Å². The minimum atomic E-state index is -5.96. The van der Waals surface area contributed by atoms with E-state index in [1.54, 1.807) is 32.0 Å². The van der Waals surface area contributed by atoms with Crippen LogP contribution >= 0.6 is 0 Å². The predicted molar refractivity (Wildman–Crippen MR) is 109 cm³/mol. The van der Waals surface area contributed by atoms with E-state index in [1.165, 1.54) is 0 Å². The maximum absolute atomic E-state index is 13.3. The first kappa shape index (κ1) is 25.2. The molecule has 1 unspecified atom stereocenters. The molecule has 0 radical (unpaired) electrons. The topological polar surface area (TPSA) is 29.5 Å². The molecule has 0 bridgehead atoms. The molecule has 2 nitrogen and oxygen atoms in total. The average molecular weight is 448 g/mol. The highest BCUT2D eigenvalue weighted by Crippen LogP contribution is 2.48. The van der Waals surface area contributed by atoms with E-state index in [0.29, 0.717) is 12.5 Å². The molecule has 0 heterocycles. The van der Waals surface area contributed by atoms with Crippen molar-refractivity contribution < 1.29 is 36.2 Å². The Kier molecular flexibility index (Phi) is 6.88. The third kappa shape index (κ3) is 4.46. The van der Waals surface area contributed by atoms with Gasteiger partial charge in [0.2, 0.25) is 0 Å². The zero-order valence-corrected chi connectivity index (χ0v) is 17.8. The van der Waals surface area contributed by atoms with Crippen molar-refractivity contribution in [1.29, 1.82) is 0 Å². The third-order valence-corrected chi connectivity index (χ3v) is 5.86. The molecular weight excluding hydrogens is 422 g/mol. The summed E-state index contributed by atoms with van der Waals surface area (Å²) in [5.41, 5.74) is -4.35. The molecule has 0 fully saturated rings. The molecule has 0 saturated carbocycles. The van der Waals surface area contributed by atoms with Gasteiger partial charge in [0.1, 0.15) is 6.10 Å². The molecule has 0 aromatic heterocycles. The number of rotatable bonds is 7. The molecule has 0 aliphatic heterocycles. The van der Waals surface area contributed by atoms with Gasteiger partial charge in [-0.15, -0.1) is 0 Å². The SMILES string of the molecule is C=C(C)c1ccc2ccc(C(CC)(CC)OC(C)C(O)(C(F)(F)F)C(F)(F)F)cc2c1. The fraction of sp³-hybridized carbons (Fsp3) is 0.478.